The van der Waals surface area contributed by atoms with E-state index in [1.165, 1.54) is 23.3 Å². The Morgan fingerprint density at radius 1 is 1.26 bits per heavy atom. The number of hydrogen-bond donors (Lipinski definition) is 0. The number of hydrogen-bond acceptors (Lipinski definition) is 6. The Labute approximate surface area is 118 Å². The van der Waals surface area contributed by atoms with Gasteiger partial charge in [0.2, 0.25) is 0 Å². The van der Waals surface area contributed by atoms with Crippen LogP contribution >= 0.6 is 23.3 Å². The third-order valence-electron chi connectivity index (χ3n) is 2.50. The summed E-state index contributed by atoms with van der Waals surface area (Å²) in [7, 11) is 0. The van der Waals surface area contributed by atoms with E-state index in [0.29, 0.717) is 10.6 Å². The van der Waals surface area contributed by atoms with E-state index in [-0.39, 0.29) is 0 Å². The highest BCUT2D eigenvalue weighted by molar-refractivity contribution is 8.00. The van der Waals surface area contributed by atoms with Crippen LogP contribution in [0.25, 0.3) is 10.9 Å². The molecule has 0 fully saturated rings. The van der Waals surface area contributed by atoms with Crippen molar-refractivity contribution in [2.45, 2.75) is 16.3 Å². The second-order valence-electron chi connectivity index (χ2n) is 3.86. The van der Waals surface area contributed by atoms with Gasteiger partial charge in [-0.25, -0.2) is 9.97 Å². The molecular formula is C13H8N4S2. The van der Waals surface area contributed by atoms with Crippen LogP contribution in [-0.2, 0) is 0 Å². The summed E-state index contributed by atoms with van der Waals surface area (Å²) in [5.74, 6) is 0.742. The first-order valence-corrected chi connectivity index (χ1v) is 7.13. The summed E-state index contributed by atoms with van der Waals surface area (Å²) in [5.41, 5.74) is 1.45. The van der Waals surface area contributed by atoms with Crippen LogP contribution in [0, 0.1) is 18.3 Å². The zero-order valence-corrected chi connectivity index (χ0v) is 11.6. The number of aryl methyl sites for hydroxylation is 1. The fourth-order valence-electron chi connectivity index (χ4n) is 1.66. The van der Waals surface area contributed by atoms with Gasteiger partial charge in [-0.15, -0.1) is 0 Å². The summed E-state index contributed by atoms with van der Waals surface area (Å²) in [4.78, 5) is 8.81. The van der Waals surface area contributed by atoms with Gasteiger partial charge in [0.25, 0.3) is 0 Å². The van der Waals surface area contributed by atoms with Gasteiger partial charge in [-0.1, -0.05) is 18.2 Å². The van der Waals surface area contributed by atoms with Gasteiger partial charge in [0.15, 0.2) is 4.34 Å². The topological polar surface area (TPSA) is 62.5 Å². The molecule has 0 amide bonds. The Balaban J connectivity index is 2.09. The molecule has 0 bridgehead atoms. The van der Waals surface area contributed by atoms with Crippen molar-refractivity contribution < 1.29 is 0 Å². The average molecular weight is 284 g/mol. The van der Waals surface area contributed by atoms with Crippen LogP contribution in [0.4, 0.5) is 0 Å². The monoisotopic (exact) mass is 284 g/mol. The molecule has 0 aliphatic heterocycles. The number of pyridine rings is 1. The number of aromatic nitrogens is 3. The fourth-order valence-corrected chi connectivity index (χ4v) is 3.28. The summed E-state index contributed by atoms with van der Waals surface area (Å²) in [6.07, 6.45) is 0. The van der Waals surface area contributed by atoms with Crippen molar-refractivity contribution in [1.29, 1.82) is 5.26 Å². The Bertz CT molecular complexity index is 789. The van der Waals surface area contributed by atoms with E-state index in [2.05, 4.69) is 20.4 Å². The molecule has 3 rings (SSSR count). The largest absolute Gasteiger partial charge is 0.240 e. The van der Waals surface area contributed by atoms with Gasteiger partial charge in [0.05, 0.1) is 11.1 Å². The highest BCUT2D eigenvalue weighted by atomic mass is 32.2. The number of fused-ring (bicyclic) bond motifs is 1. The maximum absolute atomic E-state index is 9.23. The van der Waals surface area contributed by atoms with Crippen LogP contribution < -0.4 is 0 Å². The van der Waals surface area contributed by atoms with E-state index in [1.807, 2.05) is 37.3 Å². The van der Waals surface area contributed by atoms with Crippen molar-refractivity contribution >= 4 is 34.2 Å². The van der Waals surface area contributed by atoms with Gasteiger partial charge < -0.3 is 0 Å². The molecule has 0 aliphatic rings. The Hall–Kier alpha value is -1.97. The first kappa shape index (κ1) is 12.1. The maximum atomic E-state index is 9.23. The molecule has 0 radical (unpaired) electrons. The van der Waals surface area contributed by atoms with E-state index in [9.17, 15) is 5.26 Å². The van der Waals surface area contributed by atoms with Crippen molar-refractivity contribution in [1.82, 2.24) is 14.3 Å². The highest BCUT2D eigenvalue weighted by Crippen LogP contribution is 2.31. The molecule has 2 aromatic heterocycles. The predicted molar refractivity (Wildman–Crippen MR) is 75.2 cm³/mol. The summed E-state index contributed by atoms with van der Waals surface area (Å²) in [6, 6.07) is 11.8. The lowest BCUT2D eigenvalue weighted by Crippen LogP contribution is -1.88. The third kappa shape index (κ3) is 2.43. The Kier molecular flexibility index (Phi) is 3.15. The van der Waals surface area contributed by atoms with Crippen molar-refractivity contribution in [3.05, 3.63) is 41.7 Å². The third-order valence-corrected chi connectivity index (χ3v) is 4.35. The molecule has 0 aliphatic carbocycles. The highest BCUT2D eigenvalue weighted by Gasteiger charge is 2.11. The molecular weight excluding hydrogens is 276 g/mol. The van der Waals surface area contributed by atoms with Crippen molar-refractivity contribution in [3.63, 3.8) is 0 Å². The van der Waals surface area contributed by atoms with E-state index in [0.717, 1.165) is 21.1 Å². The molecule has 19 heavy (non-hydrogen) atoms. The second-order valence-corrected chi connectivity index (χ2v) is 5.84. The molecule has 2 heterocycles. The predicted octanol–water partition coefficient (Wildman–Crippen LogP) is 3.42. The normalized spacial score (nSPS) is 10.5. The lowest BCUT2D eigenvalue weighted by molar-refractivity contribution is 1.09. The van der Waals surface area contributed by atoms with Crippen LogP contribution in [0.3, 0.4) is 0 Å². The summed E-state index contributed by atoms with van der Waals surface area (Å²) >= 11 is 2.71. The first-order valence-electron chi connectivity index (χ1n) is 5.54. The number of nitrogens with zero attached hydrogens (tertiary/aromatic N) is 4. The molecule has 0 saturated heterocycles. The summed E-state index contributed by atoms with van der Waals surface area (Å²) in [5, 5.41) is 10.9. The van der Waals surface area contributed by atoms with Crippen LogP contribution in [0.1, 0.15) is 11.4 Å². The number of para-hydroxylation sites is 1. The summed E-state index contributed by atoms with van der Waals surface area (Å²) < 4.78 is 4.93. The van der Waals surface area contributed by atoms with Gasteiger partial charge >= 0.3 is 0 Å². The Morgan fingerprint density at radius 3 is 2.84 bits per heavy atom. The minimum Gasteiger partial charge on any atom is -0.240 e. The van der Waals surface area contributed by atoms with Crippen LogP contribution in [0.2, 0.25) is 0 Å². The molecule has 0 unspecified atom stereocenters. The SMILES string of the molecule is Cc1nsc(Sc2nc3ccccc3cc2C#N)n1. The minimum atomic E-state index is 0.566. The second kappa shape index (κ2) is 4.96. The van der Waals surface area contributed by atoms with Gasteiger partial charge in [0, 0.05) is 5.39 Å². The molecule has 1 aromatic carbocycles. The lowest BCUT2D eigenvalue weighted by atomic mass is 10.2. The van der Waals surface area contributed by atoms with E-state index in [1.54, 1.807) is 0 Å². The first-order chi connectivity index (χ1) is 9.26. The maximum Gasteiger partial charge on any atom is 0.176 e. The van der Waals surface area contributed by atoms with E-state index < -0.39 is 0 Å². The molecule has 0 N–H and O–H groups in total. The zero-order valence-electron chi connectivity index (χ0n) is 9.99. The van der Waals surface area contributed by atoms with Crippen molar-refractivity contribution in [2.24, 2.45) is 0 Å². The summed E-state index contributed by atoms with van der Waals surface area (Å²) in [6.45, 7) is 1.85. The minimum absolute atomic E-state index is 0.566. The molecule has 6 heteroatoms. The number of benzene rings is 1. The van der Waals surface area contributed by atoms with E-state index in [4.69, 9.17) is 0 Å². The quantitative estimate of drug-likeness (QED) is 0.721. The number of nitriles is 1. The number of rotatable bonds is 2. The fraction of sp³-hybridized carbons (Fsp3) is 0.0769. The molecule has 92 valence electrons. The van der Waals surface area contributed by atoms with Crippen molar-refractivity contribution in [3.8, 4) is 6.07 Å². The smallest absolute Gasteiger partial charge is 0.176 e. The Morgan fingerprint density at radius 2 is 2.11 bits per heavy atom. The molecule has 0 atom stereocenters. The van der Waals surface area contributed by atoms with Crippen LogP contribution in [0.5, 0.6) is 0 Å². The lowest BCUT2D eigenvalue weighted by Gasteiger charge is -2.03. The molecule has 3 aromatic rings. The average Bonchev–Trinajstić information content (AvgIpc) is 2.83. The standard InChI is InChI=1S/C13H8N4S2/c1-8-15-13(19-17-8)18-12-10(7-14)6-9-4-2-3-5-11(9)16-12/h2-6H,1H3. The van der Waals surface area contributed by atoms with Gasteiger partial charge in [-0.3, -0.25) is 0 Å². The van der Waals surface area contributed by atoms with Gasteiger partial charge in [0.1, 0.15) is 16.9 Å². The van der Waals surface area contributed by atoms with Crippen LogP contribution in [-0.4, -0.2) is 14.3 Å². The van der Waals surface area contributed by atoms with Crippen LogP contribution in [0.15, 0.2) is 39.7 Å². The van der Waals surface area contributed by atoms with E-state index >= 15 is 0 Å². The molecule has 0 saturated carbocycles. The van der Waals surface area contributed by atoms with Gasteiger partial charge in [-0.2, -0.15) is 9.64 Å². The molecule has 4 nitrogen and oxygen atoms in total. The molecule has 0 spiro atoms. The van der Waals surface area contributed by atoms with Gasteiger partial charge in [-0.05, 0) is 42.4 Å². The van der Waals surface area contributed by atoms with Crippen molar-refractivity contribution in [2.75, 3.05) is 0 Å². The zero-order chi connectivity index (χ0) is 13.2.